The molecule has 1 fully saturated rings. The maximum absolute atomic E-state index is 12.4. The Kier molecular flexibility index (Phi) is 3.52. The average molecular weight is 321 g/mol. The fourth-order valence-corrected chi connectivity index (χ4v) is 2.97. The van der Waals surface area contributed by atoms with Crippen molar-refractivity contribution in [1.82, 2.24) is 19.6 Å². The molecule has 0 saturated heterocycles. The molecule has 2 atom stereocenters. The van der Waals surface area contributed by atoms with Gasteiger partial charge in [-0.3, -0.25) is 10.1 Å². The van der Waals surface area contributed by atoms with E-state index < -0.39 is 0 Å². The van der Waals surface area contributed by atoms with Crippen LogP contribution in [0.4, 0.5) is 5.95 Å². The summed E-state index contributed by atoms with van der Waals surface area (Å²) in [6, 6.07) is 10.4. The Hall–Kier alpha value is -2.76. The van der Waals surface area contributed by atoms with Crippen LogP contribution < -0.4 is 5.32 Å². The third-order valence-corrected chi connectivity index (χ3v) is 4.51. The molecule has 1 amide bonds. The SMILES string of the molecule is CC(C)c1ccc(C2CC2C(=O)Nc2nc3ncccn3n2)cc1. The van der Waals surface area contributed by atoms with E-state index in [-0.39, 0.29) is 11.8 Å². The van der Waals surface area contributed by atoms with Crippen LogP contribution in [0.15, 0.2) is 42.7 Å². The molecule has 0 aliphatic heterocycles. The minimum atomic E-state index is -0.0242. The van der Waals surface area contributed by atoms with Crippen LogP contribution in [0.25, 0.3) is 5.78 Å². The van der Waals surface area contributed by atoms with E-state index in [1.54, 1.807) is 23.0 Å². The molecular weight excluding hydrogens is 302 g/mol. The zero-order valence-corrected chi connectivity index (χ0v) is 13.7. The summed E-state index contributed by atoms with van der Waals surface area (Å²) in [5, 5.41) is 7.00. The Balaban J connectivity index is 1.43. The number of benzene rings is 1. The first-order chi connectivity index (χ1) is 11.6. The van der Waals surface area contributed by atoms with Gasteiger partial charge in [0.1, 0.15) is 0 Å². The van der Waals surface area contributed by atoms with E-state index in [2.05, 4.69) is 58.5 Å². The lowest BCUT2D eigenvalue weighted by molar-refractivity contribution is -0.117. The lowest BCUT2D eigenvalue weighted by Gasteiger charge is -2.06. The van der Waals surface area contributed by atoms with Gasteiger partial charge in [-0.2, -0.15) is 4.98 Å². The van der Waals surface area contributed by atoms with Gasteiger partial charge in [-0.1, -0.05) is 38.1 Å². The van der Waals surface area contributed by atoms with E-state index in [1.165, 1.54) is 11.1 Å². The summed E-state index contributed by atoms with van der Waals surface area (Å²) in [5.74, 6) is 1.57. The van der Waals surface area contributed by atoms with Gasteiger partial charge in [0.25, 0.3) is 11.7 Å². The topological polar surface area (TPSA) is 72.2 Å². The monoisotopic (exact) mass is 321 g/mol. The number of amides is 1. The number of fused-ring (bicyclic) bond motifs is 1. The number of carbonyl (C=O) groups is 1. The quantitative estimate of drug-likeness (QED) is 0.802. The van der Waals surface area contributed by atoms with Crippen LogP contribution in [0.5, 0.6) is 0 Å². The molecule has 2 aromatic heterocycles. The smallest absolute Gasteiger partial charge is 0.253 e. The second-order valence-electron chi connectivity index (χ2n) is 6.56. The average Bonchev–Trinajstić information content (AvgIpc) is 3.28. The zero-order chi connectivity index (χ0) is 16.7. The molecule has 0 radical (unpaired) electrons. The highest BCUT2D eigenvalue weighted by Gasteiger charge is 2.44. The second-order valence-corrected chi connectivity index (χ2v) is 6.56. The molecule has 2 heterocycles. The van der Waals surface area contributed by atoms with Crippen LogP contribution in [0.2, 0.25) is 0 Å². The number of hydrogen-bond donors (Lipinski definition) is 1. The molecular formula is C18H19N5O. The third-order valence-electron chi connectivity index (χ3n) is 4.51. The molecule has 6 nitrogen and oxygen atoms in total. The summed E-state index contributed by atoms with van der Waals surface area (Å²) in [6.45, 7) is 4.36. The van der Waals surface area contributed by atoms with Crippen LogP contribution >= 0.6 is 0 Å². The molecule has 6 heteroatoms. The van der Waals surface area contributed by atoms with Crippen molar-refractivity contribution in [3.05, 3.63) is 53.9 Å². The van der Waals surface area contributed by atoms with Gasteiger partial charge in [0, 0.05) is 18.3 Å². The molecule has 1 saturated carbocycles. The number of rotatable bonds is 4. The predicted molar refractivity (Wildman–Crippen MR) is 90.8 cm³/mol. The first kappa shape index (κ1) is 14.8. The summed E-state index contributed by atoms with van der Waals surface area (Å²) in [6.07, 6.45) is 4.27. The third kappa shape index (κ3) is 2.75. The number of nitrogens with one attached hydrogen (secondary N) is 1. The van der Waals surface area contributed by atoms with Crippen molar-refractivity contribution in [2.75, 3.05) is 5.32 Å². The minimum absolute atomic E-state index is 0.00512. The van der Waals surface area contributed by atoms with Crippen LogP contribution in [0.1, 0.15) is 43.2 Å². The summed E-state index contributed by atoms with van der Waals surface area (Å²) < 4.78 is 1.55. The fourth-order valence-electron chi connectivity index (χ4n) is 2.97. The van der Waals surface area contributed by atoms with E-state index in [4.69, 9.17) is 0 Å². The molecule has 4 rings (SSSR count). The van der Waals surface area contributed by atoms with Gasteiger partial charge in [-0.15, -0.1) is 5.10 Å². The fraction of sp³-hybridized carbons (Fsp3) is 0.333. The maximum atomic E-state index is 12.4. The zero-order valence-electron chi connectivity index (χ0n) is 13.7. The maximum Gasteiger partial charge on any atom is 0.253 e. The number of nitrogens with zero attached hydrogens (tertiary/aromatic N) is 4. The Labute approximate surface area is 139 Å². The van der Waals surface area contributed by atoms with E-state index in [9.17, 15) is 4.79 Å². The Morgan fingerprint density at radius 1 is 1.29 bits per heavy atom. The Morgan fingerprint density at radius 3 is 2.79 bits per heavy atom. The van der Waals surface area contributed by atoms with Gasteiger partial charge >= 0.3 is 0 Å². The van der Waals surface area contributed by atoms with Crippen molar-refractivity contribution in [1.29, 1.82) is 0 Å². The summed E-state index contributed by atoms with van der Waals surface area (Å²) in [4.78, 5) is 20.7. The molecule has 2 unspecified atom stereocenters. The number of aromatic nitrogens is 4. The number of carbonyl (C=O) groups excluding carboxylic acids is 1. The normalized spacial score (nSPS) is 19.6. The van der Waals surface area contributed by atoms with Gasteiger partial charge in [0.05, 0.1) is 0 Å². The van der Waals surface area contributed by atoms with Crippen molar-refractivity contribution >= 4 is 17.6 Å². The Bertz CT molecular complexity index is 851. The summed E-state index contributed by atoms with van der Waals surface area (Å²) in [5.41, 5.74) is 2.55. The molecule has 1 aromatic carbocycles. The van der Waals surface area contributed by atoms with Crippen LogP contribution in [0.3, 0.4) is 0 Å². The van der Waals surface area contributed by atoms with E-state index >= 15 is 0 Å². The summed E-state index contributed by atoms with van der Waals surface area (Å²) >= 11 is 0. The van der Waals surface area contributed by atoms with Crippen LogP contribution in [-0.4, -0.2) is 25.5 Å². The molecule has 1 aliphatic carbocycles. The van der Waals surface area contributed by atoms with Gasteiger partial charge in [0.15, 0.2) is 0 Å². The van der Waals surface area contributed by atoms with E-state index in [0.29, 0.717) is 23.6 Å². The molecule has 0 bridgehead atoms. The van der Waals surface area contributed by atoms with Gasteiger partial charge < -0.3 is 0 Å². The lowest BCUT2D eigenvalue weighted by Crippen LogP contribution is -2.15. The van der Waals surface area contributed by atoms with Crippen molar-refractivity contribution in [3.63, 3.8) is 0 Å². The van der Waals surface area contributed by atoms with E-state index in [1.807, 2.05) is 0 Å². The van der Waals surface area contributed by atoms with Gasteiger partial charge in [-0.05, 0) is 35.4 Å². The van der Waals surface area contributed by atoms with Crippen molar-refractivity contribution in [2.45, 2.75) is 32.1 Å². The molecule has 24 heavy (non-hydrogen) atoms. The Morgan fingerprint density at radius 2 is 2.08 bits per heavy atom. The summed E-state index contributed by atoms with van der Waals surface area (Å²) in [7, 11) is 0. The highest BCUT2D eigenvalue weighted by molar-refractivity contribution is 5.94. The van der Waals surface area contributed by atoms with Gasteiger partial charge in [-0.25, -0.2) is 9.50 Å². The molecule has 0 spiro atoms. The molecule has 1 aliphatic rings. The van der Waals surface area contributed by atoms with E-state index in [0.717, 1.165) is 6.42 Å². The lowest BCUT2D eigenvalue weighted by atomic mass is 10.00. The number of anilines is 1. The second kappa shape index (κ2) is 5.70. The molecule has 1 N–H and O–H groups in total. The van der Waals surface area contributed by atoms with Crippen molar-refractivity contribution in [2.24, 2.45) is 5.92 Å². The minimum Gasteiger partial charge on any atom is -0.293 e. The first-order valence-corrected chi connectivity index (χ1v) is 8.20. The molecule has 3 aromatic rings. The molecule has 122 valence electrons. The number of hydrogen-bond acceptors (Lipinski definition) is 4. The van der Waals surface area contributed by atoms with Crippen LogP contribution in [0, 0.1) is 5.92 Å². The van der Waals surface area contributed by atoms with Crippen molar-refractivity contribution in [3.8, 4) is 0 Å². The highest BCUT2D eigenvalue weighted by Crippen LogP contribution is 2.48. The largest absolute Gasteiger partial charge is 0.293 e. The standard InChI is InChI=1S/C18H19N5O/c1-11(2)12-4-6-13(7-5-12)14-10-15(14)16(24)20-17-21-18-19-8-3-9-23(18)22-17/h3-9,11,14-15H,10H2,1-2H3,(H,20,22,24). The van der Waals surface area contributed by atoms with Crippen LogP contribution in [-0.2, 0) is 4.79 Å². The first-order valence-electron chi connectivity index (χ1n) is 8.20. The highest BCUT2D eigenvalue weighted by atomic mass is 16.2. The predicted octanol–water partition coefficient (Wildman–Crippen LogP) is 2.99. The van der Waals surface area contributed by atoms with Gasteiger partial charge in [0.2, 0.25) is 5.91 Å². The van der Waals surface area contributed by atoms with Crippen molar-refractivity contribution < 1.29 is 4.79 Å².